The van der Waals surface area contributed by atoms with E-state index in [-0.39, 0.29) is 6.10 Å². The molecule has 0 fully saturated rings. The van der Waals surface area contributed by atoms with Crippen LogP contribution in [-0.4, -0.2) is 25.3 Å². The fourth-order valence-electron chi connectivity index (χ4n) is 0.903. The van der Waals surface area contributed by atoms with Crippen molar-refractivity contribution >= 4 is 6.09 Å². The molecule has 0 aromatic rings. The van der Waals surface area contributed by atoms with E-state index in [1.807, 2.05) is 13.8 Å². The molecule has 4 nitrogen and oxygen atoms in total. The van der Waals surface area contributed by atoms with E-state index >= 15 is 0 Å². The molecular formula is C8H16NO3-. The number of hydrogen-bond donors (Lipinski definition) is 1. The van der Waals surface area contributed by atoms with E-state index in [0.29, 0.717) is 13.2 Å². The van der Waals surface area contributed by atoms with Crippen molar-refractivity contribution in [3.05, 3.63) is 0 Å². The minimum absolute atomic E-state index is 0.244. The molecule has 0 aliphatic carbocycles. The first-order valence-corrected chi connectivity index (χ1v) is 4.27. The predicted octanol–water partition coefficient (Wildman–Crippen LogP) is 0.124. The maximum absolute atomic E-state index is 9.91. The average molecular weight is 174 g/mol. The Morgan fingerprint density at radius 1 is 1.50 bits per heavy atom. The van der Waals surface area contributed by atoms with Gasteiger partial charge in [0.05, 0.1) is 12.7 Å². The number of nitrogens with one attached hydrogen (secondary N) is 1. The van der Waals surface area contributed by atoms with E-state index in [4.69, 9.17) is 4.74 Å². The lowest BCUT2D eigenvalue weighted by atomic mass is 10.2. The first-order chi connectivity index (χ1) is 5.70. The zero-order chi connectivity index (χ0) is 9.40. The molecule has 0 aromatic heterocycles. The smallest absolute Gasteiger partial charge is 0.134 e. The summed E-state index contributed by atoms with van der Waals surface area (Å²) < 4.78 is 5.34. The molecule has 12 heavy (non-hydrogen) atoms. The highest BCUT2D eigenvalue weighted by atomic mass is 16.5. The van der Waals surface area contributed by atoms with Crippen LogP contribution in [0.4, 0.5) is 4.79 Å². The number of amides is 1. The van der Waals surface area contributed by atoms with Crippen molar-refractivity contribution in [3.63, 3.8) is 0 Å². The summed E-state index contributed by atoms with van der Waals surface area (Å²) in [6, 6.07) is 0. The number of hydrogen-bond acceptors (Lipinski definition) is 3. The number of carbonyl (C=O) groups is 1. The summed E-state index contributed by atoms with van der Waals surface area (Å²) in [5, 5.41) is 12.0. The van der Waals surface area contributed by atoms with Crippen LogP contribution < -0.4 is 10.4 Å². The van der Waals surface area contributed by atoms with Gasteiger partial charge in [-0.3, -0.25) is 0 Å². The van der Waals surface area contributed by atoms with Gasteiger partial charge < -0.3 is 20.0 Å². The minimum atomic E-state index is -1.25. The van der Waals surface area contributed by atoms with Crippen molar-refractivity contribution in [2.75, 3.05) is 13.2 Å². The molecule has 4 heteroatoms. The van der Waals surface area contributed by atoms with Gasteiger partial charge in [-0.05, 0) is 12.8 Å². The third-order valence-corrected chi connectivity index (χ3v) is 1.64. The Bertz CT molecular complexity index is 123. The van der Waals surface area contributed by atoms with Gasteiger partial charge in [0.25, 0.3) is 0 Å². The van der Waals surface area contributed by atoms with Gasteiger partial charge in [0.1, 0.15) is 6.09 Å². The average Bonchev–Trinajstić information content (AvgIpc) is 2.04. The summed E-state index contributed by atoms with van der Waals surface area (Å²) in [6.45, 7) is 4.81. The van der Waals surface area contributed by atoms with Crippen LogP contribution in [0, 0.1) is 0 Å². The highest BCUT2D eigenvalue weighted by molar-refractivity contribution is 5.61. The van der Waals surface area contributed by atoms with Crippen LogP contribution in [0.5, 0.6) is 0 Å². The molecule has 0 heterocycles. The lowest BCUT2D eigenvalue weighted by molar-refractivity contribution is -0.250. The van der Waals surface area contributed by atoms with Crippen LogP contribution in [0.25, 0.3) is 0 Å². The topological polar surface area (TPSA) is 61.4 Å². The van der Waals surface area contributed by atoms with E-state index in [1.54, 1.807) is 0 Å². The van der Waals surface area contributed by atoms with Crippen molar-refractivity contribution in [2.45, 2.75) is 32.8 Å². The van der Waals surface area contributed by atoms with Crippen molar-refractivity contribution in [2.24, 2.45) is 0 Å². The quantitative estimate of drug-likeness (QED) is 0.582. The Balaban J connectivity index is 3.23. The van der Waals surface area contributed by atoms with Crippen LogP contribution in [0.3, 0.4) is 0 Å². The van der Waals surface area contributed by atoms with Crippen LogP contribution in [-0.2, 0) is 4.74 Å². The lowest BCUT2D eigenvalue weighted by Crippen LogP contribution is -2.38. The summed E-state index contributed by atoms with van der Waals surface area (Å²) in [7, 11) is 0. The fraction of sp³-hybridized carbons (Fsp3) is 0.875. The molecule has 0 bridgehead atoms. The zero-order valence-corrected chi connectivity index (χ0v) is 7.63. The first-order valence-electron chi connectivity index (χ1n) is 4.27. The highest BCUT2D eigenvalue weighted by Gasteiger charge is 2.01. The molecule has 0 unspecified atom stereocenters. The maximum Gasteiger partial charge on any atom is 0.134 e. The van der Waals surface area contributed by atoms with Gasteiger partial charge >= 0.3 is 0 Å². The zero-order valence-electron chi connectivity index (χ0n) is 7.63. The van der Waals surface area contributed by atoms with Crippen LogP contribution in [0.2, 0.25) is 0 Å². The molecule has 0 aliphatic heterocycles. The molecule has 0 rings (SSSR count). The molecule has 0 radical (unpaired) electrons. The Kier molecular flexibility index (Phi) is 6.47. The molecular weight excluding hydrogens is 158 g/mol. The standard InChI is InChI=1S/C8H17NO3/c1-3-7(4-2)12-6-5-9-8(10)11/h7,9H,3-6H2,1-2H3,(H,10,11)/p-1. The molecule has 1 N–H and O–H groups in total. The summed E-state index contributed by atoms with van der Waals surface area (Å²) >= 11 is 0. The molecule has 0 atom stereocenters. The largest absolute Gasteiger partial charge is 0.530 e. The third kappa shape index (κ3) is 5.97. The van der Waals surface area contributed by atoms with Crippen molar-refractivity contribution in [1.29, 1.82) is 0 Å². The van der Waals surface area contributed by atoms with E-state index in [2.05, 4.69) is 5.32 Å². The Morgan fingerprint density at radius 2 is 2.08 bits per heavy atom. The second kappa shape index (κ2) is 6.91. The fourth-order valence-corrected chi connectivity index (χ4v) is 0.903. The van der Waals surface area contributed by atoms with Crippen LogP contribution in [0.15, 0.2) is 0 Å². The second-order valence-corrected chi connectivity index (χ2v) is 2.52. The molecule has 0 spiro atoms. The molecule has 1 amide bonds. The van der Waals surface area contributed by atoms with Crippen molar-refractivity contribution in [3.8, 4) is 0 Å². The van der Waals surface area contributed by atoms with E-state index in [1.165, 1.54) is 0 Å². The lowest BCUT2D eigenvalue weighted by Gasteiger charge is -2.14. The monoisotopic (exact) mass is 174 g/mol. The summed E-state index contributed by atoms with van der Waals surface area (Å²) in [6.07, 6.45) is 0.917. The molecule has 0 saturated heterocycles. The Hall–Kier alpha value is -0.770. The molecule has 0 saturated carbocycles. The Morgan fingerprint density at radius 3 is 2.50 bits per heavy atom. The van der Waals surface area contributed by atoms with Gasteiger partial charge in [0.2, 0.25) is 0 Å². The van der Waals surface area contributed by atoms with Crippen LogP contribution in [0.1, 0.15) is 26.7 Å². The SMILES string of the molecule is CCC(CC)OCCNC(=O)[O-]. The maximum atomic E-state index is 9.91. The van der Waals surface area contributed by atoms with Crippen LogP contribution >= 0.6 is 0 Å². The van der Waals surface area contributed by atoms with Crippen molar-refractivity contribution < 1.29 is 14.6 Å². The normalized spacial score (nSPS) is 10.2. The predicted molar refractivity (Wildman–Crippen MR) is 43.7 cm³/mol. The van der Waals surface area contributed by atoms with Gasteiger partial charge in [-0.15, -0.1) is 0 Å². The number of ether oxygens (including phenoxy) is 1. The van der Waals surface area contributed by atoms with Gasteiger partial charge in [-0.1, -0.05) is 13.8 Å². The van der Waals surface area contributed by atoms with Gasteiger partial charge in [0, 0.05) is 6.54 Å². The number of carbonyl (C=O) groups excluding carboxylic acids is 1. The summed E-state index contributed by atoms with van der Waals surface area (Å²) in [4.78, 5) is 9.91. The van der Waals surface area contributed by atoms with E-state index < -0.39 is 6.09 Å². The minimum Gasteiger partial charge on any atom is -0.530 e. The third-order valence-electron chi connectivity index (χ3n) is 1.64. The van der Waals surface area contributed by atoms with E-state index in [0.717, 1.165) is 12.8 Å². The molecule has 0 aliphatic rings. The second-order valence-electron chi connectivity index (χ2n) is 2.52. The van der Waals surface area contributed by atoms with Gasteiger partial charge in [0.15, 0.2) is 0 Å². The van der Waals surface area contributed by atoms with E-state index in [9.17, 15) is 9.90 Å². The molecule has 0 aromatic carbocycles. The Labute approximate surface area is 72.9 Å². The van der Waals surface area contributed by atoms with Crippen molar-refractivity contribution in [1.82, 2.24) is 5.32 Å². The van der Waals surface area contributed by atoms with Gasteiger partial charge in [-0.25, -0.2) is 0 Å². The number of rotatable bonds is 6. The summed E-state index contributed by atoms with van der Waals surface area (Å²) in [5.41, 5.74) is 0. The highest BCUT2D eigenvalue weighted by Crippen LogP contribution is 2.01. The first kappa shape index (κ1) is 11.2. The number of carboxylic acid groups (broad SMARTS) is 1. The van der Waals surface area contributed by atoms with Gasteiger partial charge in [-0.2, -0.15) is 0 Å². The molecule has 72 valence electrons. The summed E-state index contributed by atoms with van der Waals surface area (Å²) in [5.74, 6) is 0.